The Morgan fingerprint density at radius 1 is 1.05 bits per heavy atom. The van der Waals surface area contributed by atoms with Crippen molar-refractivity contribution in [2.24, 2.45) is 0 Å². The lowest BCUT2D eigenvalue weighted by atomic mass is 10.2. The van der Waals surface area contributed by atoms with E-state index < -0.39 is 20.6 Å². The number of ether oxygens (including phenoxy) is 3. The minimum Gasteiger partial charge on any atom is -0.437 e. The van der Waals surface area contributed by atoms with Crippen LogP contribution in [0.1, 0.15) is 16.1 Å². The van der Waals surface area contributed by atoms with Crippen LogP contribution >= 0.6 is 11.6 Å². The lowest BCUT2D eigenvalue weighted by molar-refractivity contribution is -0.385. The zero-order valence-corrected chi connectivity index (χ0v) is 23.1. The summed E-state index contributed by atoms with van der Waals surface area (Å²) < 4.78 is 46.6. The highest BCUT2D eigenvalue weighted by Crippen LogP contribution is 2.37. The first-order chi connectivity index (χ1) is 19.2. The molecular formula is C25H26ClN5O8S. The van der Waals surface area contributed by atoms with Crippen LogP contribution in [0.15, 0.2) is 47.4 Å². The number of carbonyl (C=O) groups excluding carboxylic acids is 1. The number of aromatic nitrogens is 2. The fourth-order valence-corrected chi connectivity index (χ4v) is 6.16. The van der Waals surface area contributed by atoms with Crippen LogP contribution in [0.3, 0.4) is 0 Å². The van der Waals surface area contributed by atoms with Gasteiger partial charge in [0.25, 0.3) is 11.6 Å². The van der Waals surface area contributed by atoms with Crippen LogP contribution in [-0.4, -0.2) is 90.8 Å². The molecule has 0 spiro atoms. The number of benzene rings is 2. The van der Waals surface area contributed by atoms with Gasteiger partial charge in [0, 0.05) is 48.9 Å². The average Bonchev–Trinajstić information content (AvgIpc) is 3.29. The second-order valence-electron chi connectivity index (χ2n) is 9.08. The Bertz CT molecular complexity index is 1550. The number of nitro benzene ring substituents is 1. The molecule has 2 saturated heterocycles. The number of non-ortho nitro benzene ring substituents is 1. The molecule has 15 heteroatoms. The molecule has 0 bridgehead atoms. The van der Waals surface area contributed by atoms with Crippen molar-refractivity contribution in [1.82, 2.24) is 19.0 Å². The summed E-state index contributed by atoms with van der Waals surface area (Å²) in [6, 6.07) is 10.0. The normalized spacial score (nSPS) is 16.6. The molecule has 2 aliphatic rings. The van der Waals surface area contributed by atoms with E-state index >= 15 is 0 Å². The first kappa shape index (κ1) is 28.0. The number of nitro groups is 1. The van der Waals surface area contributed by atoms with Gasteiger partial charge in [-0.1, -0.05) is 17.7 Å². The first-order valence-corrected chi connectivity index (χ1v) is 14.3. The SMILES string of the molecule is Cc1c(C(=O)N2CCOCC2)nn(-c2cccc(Cl)c2)c1Oc1ccc([N+](=O)[O-])cc1S(=O)(=O)N1CCOCC1. The van der Waals surface area contributed by atoms with Crippen molar-refractivity contribution in [1.29, 1.82) is 0 Å². The van der Waals surface area contributed by atoms with Gasteiger partial charge in [-0.25, -0.2) is 8.42 Å². The van der Waals surface area contributed by atoms with E-state index in [-0.39, 0.29) is 54.4 Å². The summed E-state index contributed by atoms with van der Waals surface area (Å²) in [7, 11) is -4.21. The predicted octanol–water partition coefficient (Wildman–Crippen LogP) is 3.03. The maximum Gasteiger partial charge on any atom is 0.274 e. The van der Waals surface area contributed by atoms with E-state index in [9.17, 15) is 23.3 Å². The highest BCUT2D eigenvalue weighted by molar-refractivity contribution is 7.89. The van der Waals surface area contributed by atoms with Gasteiger partial charge in [0.05, 0.1) is 37.0 Å². The van der Waals surface area contributed by atoms with Crippen molar-refractivity contribution in [3.05, 3.63) is 68.9 Å². The molecule has 1 amide bonds. The van der Waals surface area contributed by atoms with Gasteiger partial charge in [-0.05, 0) is 31.2 Å². The van der Waals surface area contributed by atoms with E-state index in [1.165, 1.54) is 15.1 Å². The second kappa shape index (κ2) is 11.5. The molecule has 2 aromatic carbocycles. The van der Waals surface area contributed by atoms with Crippen LogP contribution in [0.25, 0.3) is 5.69 Å². The van der Waals surface area contributed by atoms with Crippen LogP contribution in [0.4, 0.5) is 5.69 Å². The summed E-state index contributed by atoms with van der Waals surface area (Å²) in [5.41, 5.74) is 0.509. The molecule has 1 aromatic heterocycles. The van der Waals surface area contributed by atoms with Crippen LogP contribution in [-0.2, 0) is 19.5 Å². The Balaban J connectivity index is 1.63. The molecule has 5 rings (SSSR count). The third-order valence-corrected chi connectivity index (χ3v) is 8.71. The lowest BCUT2D eigenvalue weighted by Gasteiger charge is -2.26. The monoisotopic (exact) mass is 591 g/mol. The zero-order chi connectivity index (χ0) is 28.4. The number of nitrogens with zero attached hydrogens (tertiary/aromatic N) is 5. The van der Waals surface area contributed by atoms with E-state index in [2.05, 4.69) is 5.10 Å². The molecule has 0 N–H and O–H groups in total. The predicted molar refractivity (Wildman–Crippen MR) is 143 cm³/mol. The average molecular weight is 592 g/mol. The summed E-state index contributed by atoms with van der Waals surface area (Å²) >= 11 is 6.23. The van der Waals surface area contributed by atoms with E-state index in [1.807, 2.05) is 0 Å². The number of hydrogen-bond donors (Lipinski definition) is 0. The van der Waals surface area contributed by atoms with Crippen molar-refractivity contribution in [2.45, 2.75) is 11.8 Å². The molecule has 0 saturated carbocycles. The largest absolute Gasteiger partial charge is 0.437 e. The van der Waals surface area contributed by atoms with Crippen molar-refractivity contribution >= 4 is 33.2 Å². The van der Waals surface area contributed by atoms with Crippen molar-refractivity contribution in [3.8, 4) is 17.3 Å². The third kappa shape index (κ3) is 5.53. The van der Waals surface area contributed by atoms with Gasteiger partial charge in [-0.3, -0.25) is 14.9 Å². The Morgan fingerprint density at radius 2 is 1.73 bits per heavy atom. The van der Waals surface area contributed by atoms with Crippen LogP contribution < -0.4 is 4.74 Å². The fourth-order valence-electron chi connectivity index (χ4n) is 4.43. The van der Waals surface area contributed by atoms with Gasteiger partial charge in [-0.2, -0.15) is 14.1 Å². The fraction of sp³-hybridized carbons (Fsp3) is 0.360. The highest BCUT2D eigenvalue weighted by atomic mass is 35.5. The highest BCUT2D eigenvalue weighted by Gasteiger charge is 2.33. The van der Waals surface area contributed by atoms with Gasteiger partial charge in [0.1, 0.15) is 10.6 Å². The number of sulfonamides is 1. The van der Waals surface area contributed by atoms with Crippen LogP contribution in [0.5, 0.6) is 11.6 Å². The van der Waals surface area contributed by atoms with Crippen LogP contribution in [0.2, 0.25) is 5.02 Å². The van der Waals surface area contributed by atoms with Crippen LogP contribution in [0, 0.1) is 17.0 Å². The standard InChI is InChI=1S/C25H26ClN5O8S/c1-17-23(24(32)28-7-11-37-12-8-28)27-30(19-4-2-3-18(26)15-19)25(17)39-21-6-5-20(31(33)34)16-22(21)40(35,36)29-9-13-38-14-10-29/h2-6,15-16H,7-14H2,1H3. The number of amides is 1. The summed E-state index contributed by atoms with van der Waals surface area (Å²) in [5.74, 6) is -0.434. The smallest absolute Gasteiger partial charge is 0.274 e. The maximum atomic E-state index is 13.6. The molecule has 3 aromatic rings. The number of halogens is 1. The first-order valence-electron chi connectivity index (χ1n) is 12.4. The molecule has 0 atom stereocenters. The molecule has 212 valence electrons. The number of carbonyl (C=O) groups is 1. The van der Waals surface area contributed by atoms with Gasteiger partial charge >= 0.3 is 0 Å². The Hall–Kier alpha value is -3.56. The molecule has 0 radical (unpaired) electrons. The summed E-state index contributed by atoms with van der Waals surface area (Å²) in [5, 5.41) is 16.5. The van der Waals surface area contributed by atoms with Crippen molar-refractivity contribution in [3.63, 3.8) is 0 Å². The maximum absolute atomic E-state index is 13.6. The molecule has 40 heavy (non-hydrogen) atoms. The molecule has 3 heterocycles. The Labute approximate surface area is 235 Å². The molecule has 2 aliphatic heterocycles. The van der Waals surface area contributed by atoms with Gasteiger partial charge < -0.3 is 19.1 Å². The van der Waals surface area contributed by atoms with Crippen molar-refractivity contribution in [2.75, 3.05) is 52.6 Å². The summed E-state index contributed by atoms with van der Waals surface area (Å²) in [6.45, 7) is 3.77. The number of morpholine rings is 2. The topological polar surface area (TPSA) is 146 Å². The summed E-state index contributed by atoms with van der Waals surface area (Å²) in [4.78, 5) is 25.5. The minimum atomic E-state index is -4.21. The Morgan fingerprint density at radius 3 is 2.38 bits per heavy atom. The van der Waals surface area contributed by atoms with Gasteiger partial charge in [-0.15, -0.1) is 0 Å². The van der Waals surface area contributed by atoms with E-state index in [1.54, 1.807) is 36.1 Å². The molecule has 13 nitrogen and oxygen atoms in total. The van der Waals surface area contributed by atoms with E-state index in [0.717, 1.165) is 12.1 Å². The lowest BCUT2D eigenvalue weighted by Crippen LogP contribution is -2.41. The second-order valence-corrected chi connectivity index (χ2v) is 11.4. The zero-order valence-electron chi connectivity index (χ0n) is 21.5. The molecule has 0 aliphatic carbocycles. The minimum absolute atomic E-state index is 0.0613. The quantitative estimate of drug-likeness (QED) is 0.299. The number of hydrogen-bond acceptors (Lipinski definition) is 9. The van der Waals surface area contributed by atoms with Gasteiger partial charge in [0.15, 0.2) is 5.69 Å². The van der Waals surface area contributed by atoms with Crippen molar-refractivity contribution < 1.29 is 32.3 Å². The number of rotatable bonds is 7. The van der Waals surface area contributed by atoms with E-state index in [4.69, 9.17) is 25.8 Å². The Kier molecular flexibility index (Phi) is 8.05. The molecule has 0 unspecified atom stereocenters. The third-order valence-electron chi connectivity index (χ3n) is 6.55. The molecular weight excluding hydrogens is 566 g/mol. The van der Waals surface area contributed by atoms with Gasteiger partial charge in [0.2, 0.25) is 15.9 Å². The summed E-state index contributed by atoms with van der Waals surface area (Å²) in [6.07, 6.45) is 0. The molecule has 2 fully saturated rings. The van der Waals surface area contributed by atoms with E-state index in [0.29, 0.717) is 42.6 Å².